The molecule has 1 amide bonds. The second kappa shape index (κ2) is 3.81. The van der Waals surface area contributed by atoms with Gasteiger partial charge in [0.25, 0.3) is 0 Å². The smallest absolute Gasteiger partial charge is 0.248 e. The largest absolute Gasteiger partial charge is 0.366 e. The minimum atomic E-state index is -0.402. The third kappa shape index (κ3) is 1.82. The maximum atomic E-state index is 11.1. The second-order valence-electron chi connectivity index (χ2n) is 3.77. The number of hydrogen-bond donors (Lipinski definition) is 1. The topological polar surface area (TPSA) is 60.9 Å². The molecule has 0 saturated heterocycles. The first-order valence-electron chi connectivity index (χ1n) is 5.01. The standard InChI is InChI=1S/C12H13N3O/c1-8-7-10(3-4-11(8)12(13)16)15-6-5-9(2)14-15/h3-7H,1-2H3,(H2,13,16). The van der Waals surface area contributed by atoms with Gasteiger partial charge in [0, 0.05) is 11.8 Å². The van der Waals surface area contributed by atoms with Gasteiger partial charge in [-0.3, -0.25) is 4.79 Å². The van der Waals surface area contributed by atoms with Crippen molar-refractivity contribution >= 4 is 5.91 Å². The molecule has 1 heterocycles. The number of hydrogen-bond acceptors (Lipinski definition) is 2. The predicted molar refractivity (Wildman–Crippen MR) is 61.6 cm³/mol. The highest BCUT2D eigenvalue weighted by Gasteiger charge is 2.06. The van der Waals surface area contributed by atoms with Gasteiger partial charge in [-0.25, -0.2) is 4.68 Å². The third-order valence-electron chi connectivity index (χ3n) is 2.46. The van der Waals surface area contributed by atoms with Gasteiger partial charge in [0.1, 0.15) is 0 Å². The maximum absolute atomic E-state index is 11.1. The van der Waals surface area contributed by atoms with E-state index in [4.69, 9.17) is 5.73 Å². The molecule has 2 aromatic rings. The Kier molecular flexibility index (Phi) is 2.48. The van der Waals surface area contributed by atoms with Crippen molar-refractivity contribution in [2.75, 3.05) is 0 Å². The fraction of sp³-hybridized carbons (Fsp3) is 0.167. The molecule has 0 radical (unpaired) electrons. The third-order valence-corrected chi connectivity index (χ3v) is 2.46. The highest BCUT2D eigenvalue weighted by molar-refractivity contribution is 5.94. The summed E-state index contributed by atoms with van der Waals surface area (Å²) in [6.45, 7) is 3.79. The number of aromatic nitrogens is 2. The minimum absolute atomic E-state index is 0.402. The van der Waals surface area contributed by atoms with Gasteiger partial charge in [0.15, 0.2) is 0 Å². The Bertz CT molecular complexity index is 543. The van der Waals surface area contributed by atoms with Crippen LogP contribution in [0.2, 0.25) is 0 Å². The predicted octanol–water partition coefficient (Wildman–Crippen LogP) is 1.59. The minimum Gasteiger partial charge on any atom is -0.366 e. The number of amides is 1. The van der Waals surface area contributed by atoms with E-state index in [1.165, 1.54) is 0 Å². The van der Waals surface area contributed by atoms with Crippen LogP contribution in [-0.4, -0.2) is 15.7 Å². The fourth-order valence-corrected chi connectivity index (χ4v) is 1.63. The number of carbonyl (C=O) groups excluding carboxylic acids is 1. The van der Waals surface area contributed by atoms with E-state index in [0.29, 0.717) is 5.56 Å². The van der Waals surface area contributed by atoms with Crippen molar-refractivity contribution in [2.45, 2.75) is 13.8 Å². The number of nitrogens with two attached hydrogens (primary N) is 1. The average Bonchev–Trinajstić information content (AvgIpc) is 2.64. The highest BCUT2D eigenvalue weighted by atomic mass is 16.1. The van der Waals surface area contributed by atoms with Crippen LogP contribution < -0.4 is 5.73 Å². The summed E-state index contributed by atoms with van der Waals surface area (Å²) < 4.78 is 1.77. The van der Waals surface area contributed by atoms with Gasteiger partial charge in [0.2, 0.25) is 5.91 Å². The molecule has 0 aliphatic rings. The van der Waals surface area contributed by atoms with Crippen LogP contribution in [0.5, 0.6) is 0 Å². The van der Waals surface area contributed by atoms with E-state index in [9.17, 15) is 4.79 Å². The molecule has 0 aliphatic heterocycles. The molecular formula is C12H13N3O. The van der Waals surface area contributed by atoms with E-state index in [1.807, 2.05) is 38.2 Å². The zero-order valence-corrected chi connectivity index (χ0v) is 9.27. The molecule has 1 aromatic carbocycles. The first-order valence-corrected chi connectivity index (χ1v) is 5.01. The van der Waals surface area contributed by atoms with E-state index < -0.39 is 5.91 Å². The van der Waals surface area contributed by atoms with Gasteiger partial charge >= 0.3 is 0 Å². The van der Waals surface area contributed by atoms with Crippen molar-refractivity contribution in [1.82, 2.24) is 9.78 Å². The van der Waals surface area contributed by atoms with Gasteiger partial charge in [-0.05, 0) is 43.7 Å². The van der Waals surface area contributed by atoms with Crippen molar-refractivity contribution in [2.24, 2.45) is 5.73 Å². The highest BCUT2D eigenvalue weighted by Crippen LogP contribution is 2.14. The normalized spacial score (nSPS) is 10.4. The molecule has 16 heavy (non-hydrogen) atoms. The molecule has 0 atom stereocenters. The van der Waals surface area contributed by atoms with Crippen LogP contribution in [-0.2, 0) is 0 Å². The van der Waals surface area contributed by atoms with E-state index in [0.717, 1.165) is 16.9 Å². The second-order valence-corrected chi connectivity index (χ2v) is 3.77. The SMILES string of the molecule is Cc1ccn(-c2ccc(C(N)=O)c(C)c2)n1. The lowest BCUT2D eigenvalue weighted by atomic mass is 10.1. The van der Waals surface area contributed by atoms with Crippen LogP contribution in [0, 0.1) is 13.8 Å². The van der Waals surface area contributed by atoms with Gasteiger partial charge in [-0.2, -0.15) is 5.10 Å². The molecule has 82 valence electrons. The summed E-state index contributed by atoms with van der Waals surface area (Å²) in [4.78, 5) is 11.1. The lowest BCUT2D eigenvalue weighted by molar-refractivity contribution is 0.0999. The summed E-state index contributed by atoms with van der Waals surface area (Å²) in [6.07, 6.45) is 1.88. The van der Waals surface area contributed by atoms with Crippen molar-refractivity contribution in [3.63, 3.8) is 0 Å². The number of aryl methyl sites for hydroxylation is 2. The van der Waals surface area contributed by atoms with Crippen molar-refractivity contribution in [3.8, 4) is 5.69 Å². The molecule has 0 spiro atoms. The number of nitrogens with zero attached hydrogens (tertiary/aromatic N) is 2. The zero-order chi connectivity index (χ0) is 11.7. The van der Waals surface area contributed by atoms with Crippen LogP contribution >= 0.6 is 0 Å². The zero-order valence-electron chi connectivity index (χ0n) is 9.27. The van der Waals surface area contributed by atoms with Crippen LogP contribution in [0.3, 0.4) is 0 Å². The van der Waals surface area contributed by atoms with E-state index >= 15 is 0 Å². The van der Waals surface area contributed by atoms with Crippen molar-refractivity contribution in [1.29, 1.82) is 0 Å². The van der Waals surface area contributed by atoms with Crippen LogP contribution in [0.4, 0.5) is 0 Å². The summed E-state index contributed by atoms with van der Waals surface area (Å²) in [5.41, 5.74) is 8.54. The lowest BCUT2D eigenvalue weighted by Gasteiger charge is -2.05. The van der Waals surface area contributed by atoms with Crippen molar-refractivity contribution < 1.29 is 4.79 Å². The molecular weight excluding hydrogens is 202 g/mol. The lowest BCUT2D eigenvalue weighted by Crippen LogP contribution is -2.12. The molecule has 0 bridgehead atoms. The van der Waals surface area contributed by atoms with Gasteiger partial charge in [-0.1, -0.05) is 0 Å². The molecule has 0 saturated carbocycles. The average molecular weight is 215 g/mol. The molecule has 0 unspecified atom stereocenters. The Labute approximate surface area is 93.7 Å². The number of carbonyl (C=O) groups is 1. The van der Waals surface area contributed by atoms with Gasteiger partial charge in [-0.15, -0.1) is 0 Å². The summed E-state index contributed by atoms with van der Waals surface area (Å²) in [6, 6.07) is 7.38. The summed E-state index contributed by atoms with van der Waals surface area (Å²) >= 11 is 0. The molecule has 1 aromatic heterocycles. The summed E-state index contributed by atoms with van der Waals surface area (Å²) in [7, 11) is 0. The summed E-state index contributed by atoms with van der Waals surface area (Å²) in [5.74, 6) is -0.402. The maximum Gasteiger partial charge on any atom is 0.248 e. The van der Waals surface area contributed by atoms with E-state index in [1.54, 1.807) is 10.7 Å². The van der Waals surface area contributed by atoms with Crippen LogP contribution in [0.25, 0.3) is 5.69 Å². The molecule has 4 nitrogen and oxygen atoms in total. The Hall–Kier alpha value is -2.10. The molecule has 4 heteroatoms. The molecule has 2 N–H and O–H groups in total. The van der Waals surface area contributed by atoms with Crippen LogP contribution in [0.15, 0.2) is 30.5 Å². The number of benzene rings is 1. The fourth-order valence-electron chi connectivity index (χ4n) is 1.63. The van der Waals surface area contributed by atoms with E-state index in [-0.39, 0.29) is 0 Å². The Morgan fingerprint density at radius 2 is 2.06 bits per heavy atom. The first kappa shape index (κ1) is 10.4. The first-order chi connectivity index (χ1) is 7.58. The van der Waals surface area contributed by atoms with Crippen molar-refractivity contribution in [3.05, 3.63) is 47.3 Å². The molecule has 0 aliphatic carbocycles. The molecule has 2 rings (SSSR count). The molecule has 0 fully saturated rings. The van der Waals surface area contributed by atoms with Gasteiger partial charge in [0.05, 0.1) is 11.4 Å². The number of primary amides is 1. The van der Waals surface area contributed by atoms with E-state index in [2.05, 4.69) is 5.10 Å². The number of rotatable bonds is 2. The monoisotopic (exact) mass is 215 g/mol. The Balaban J connectivity index is 2.45. The Morgan fingerprint density at radius 3 is 2.56 bits per heavy atom. The summed E-state index contributed by atoms with van der Waals surface area (Å²) in [5, 5.41) is 4.30. The van der Waals surface area contributed by atoms with Crippen LogP contribution in [0.1, 0.15) is 21.6 Å². The van der Waals surface area contributed by atoms with Gasteiger partial charge < -0.3 is 5.73 Å². The Morgan fingerprint density at radius 1 is 1.31 bits per heavy atom. The quantitative estimate of drug-likeness (QED) is 0.826.